The van der Waals surface area contributed by atoms with Crippen molar-refractivity contribution in [1.29, 1.82) is 0 Å². The van der Waals surface area contributed by atoms with Gasteiger partial charge in [0.05, 0.1) is 13.2 Å². The number of rotatable bonds is 8. The summed E-state index contributed by atoms with van der Waals surface area (Å²) >= 11 is 1.42. The predicted octanol–water partition coefficient (Wildman–Crippen LogP) is 4.61. The topological polar surface area (TPSA) is 59.5 Å². The summed E-state index contributed by atoms with van der Waals surface area (Å²) in [6.45, 7) is 2.58. The molecule has 0 unspecified atom stereocenters. The van der Waals surface area contributed by atoms with Gasteiger partial charge in [-0.1, -0.05) is 49.6 Å². The third-order valence-electron chi connectivity index (χ3n) is 5.15. The monoisotopic (exact) mass is 400 g/mol. The highest BCUT2D eigenvalue weighted by atomic mass is 32.1. The Morgan fingerprint density at radius 3 is 2.64 bits per heavy atom. The number of amides is 1. The molecule has 1 aliphatic carbocycles. The van der Waals surface area contributed by atoms with Crippen LogP contribution in [0.5, 0.6) is 0 Å². The lowest BCUT2D eigenvalue weighted by Gasteiger charge is -2.34. The van der Waals surface area contributed by atoms with Gasteiger partial charge in [-0.25, -0.2) is 9.78 Å². The molecule has 2 aromatic rings. The SMILES string of the molecule is CCOC(=O)c1csc(CN(C(=O)CCc2ccccc2)C2CCCCC2)n1. The third kappa shape index (κ3) is 5.64. The van der Waals surface area contributed by atoms with E-state index in [2.05, 4.69) is 17.1 Å². The number of aromatic nitrogens is 1. The standard InChI is InChI=1S/C22H28N2O3S/c1-2-27-22(26)19-16-28-20(23-19)15-24(18-11-7-4-8-12-18)21(25)14-13-17-9-5-3-6-10-17/h3,5-6,9-10,16,18H,2,4,7-8,11-15H2,1H3. The van der Waals surface area contributed by atoms with E-state index < -0.39 is 5.97 Å². The second kappa shape index (κ2) is 10.4. The fourth-order valence-electron chi connectivity index (χ4n) is 3.68. The van der Waals surface area contributed by atoms with Crippen LogP contribution in [0.1, 0.15) is 66.5 Å². The number of hydrogen-bond donors (Lipinski definition) is 0. The number of esters is 1. The van der Waals surface area contributed by atoms with Gasteiger partial charge >= 0.3 is 5.97 Å². The first-order valence-electron chi connectivity index (χ1n) is 10.1. The van der Waals surface area contributed by atoms with Crippen LogP contribution in [0.2, 0.25) is 0 Å². The van der Waals surface area contributed by atoms with Gasteiger partial charge < -0.3 is 9.64 Å². The van der Waals surface area contributed by atoms with Gasteiger partial charge in [0.25, 0.3) is 0 Å². The molecule has 0 radical (unpaired) electrons. The Labute approximate surface area is 170 Å². The molecule has 1 fully saturated rings. The van der Waals surface area contributed by atoms with Gasteiger partial charge in [0.15, 0.2) is 5.69 Å². The molecule has 1 aliphatic rings. The van der Waals surface area contributed by atoms with Gasteiger partial charge in [0.2, 0.25) is 5.91 Å². The zero-order chi connectivity index (χ0) is 19.8. The number of carbonyl (C=O) groups excluding carboxylic acids is 2. The maximum absolute atomic E-state index is 13.1. The van der Waals surface area contributed by atoms with Gasteiger partial charge in [0, 0.05) is 17.8 Å². The maximum Gasteiger partial charge on any atom is 0.357 e. The predicted molar refractivity (Wildman–Crippen MR) is 110 cm³/mol. The Bertz CT molecular complexity index is 769. The Hall–Kier alpha value is -2.21. The molecular formula is C22H28N2O3S. The molecule has 1 heterocycles. The third-order valence-corrected chi connectivity index (χ3v) is 5.98. The first kappa shape index (κ1) is 20.5. The largest absolute Gasteiger partial charge is 0.461 e. The number of thiazole rings is 1. The van der Waals surface area contributed by atoms with Gasteiger partial charge in [-0.15, -0.1) is 11.3 Å². The zero-order valence-corrected chi connectivity index (χ0v) is 17.2. The summed E-state index contributed by atoms with van der Waals surface area (Å²) in [7, 11) is 0. The zero-order valence-electron chi connectivity index (χ0n) is 16.4. The highest BCUT2D eigenvalue weighted by molar-refractivity contribution is 7.09. The van der Waals surface area contributed by atoms with Crippen molar-refractivity contribution in [2.24, 2.45) is 0 Å². The van der Waals surface area contributed by atoms with E-state index in [1.165, 1.54) is 36.2 Å². The summed E-state index contributed by atoms with van der Waals surface area (Å²) in [5.41, 5.74) is 1.51. The molecule has 0 saturated heterocycles. The molecule has 0 spiro atoms. The number of benzene rings is 1. The minimum Gasteiger partial charge on any atom is -0.461 e. The van der Waals surface area contributed by atoms with Crippen LogP contribution in [0, 0.1) is 0 Å². The first-order chi connectivity index (χ1) is 13.7. The van der Waals surface area contributed by atoms with Crippen molar-refractivity contribution in [3.8, 4) is 0 Å². The van der Waals surface area contributed by atoms with Crippen LogP contribution in [0.15, 0.2) is 35.7 Å². The average molecular weight is 401 g/mol. The molecular weight excluding hydrogens is 372 g/mol. The number of ether oxygens (including phenoxy) is 1. The average Bonchev–Trinajstić information content (AvgIpc) is 3.21. The van der Waals surface area contributed by atoms with E-state index in [0.29, 0.717) is 25.3 Å². The highest BCUT2D eigenvalue weighted by Crippen LogP contribution is 2.26. The van der Waals surface area contributed by atoms with Crippen molar-refractivity contribution >= 4 is 23.2 Å². The van der Waals surface area contributed by atoms with E-state index in [-0.39, 0.29) is 11.9 Å². The van der Waals surface area contributed by atoms with Crippen LogP contribution in [0.3, 0.4) is 0 Å². The van der Waals surface area contributed by atoms with E-state index in [0.717, 1.165) is 24.3 Å². The van der Waals surface area contributed by atoms with Gasteiger partial charge in [-0.3, -0.25) is 4.79 Å². The molecule has 28 heavy (non-hydrogen) atoms. The Morgan fingerprint density at radius 1 is 1.18 bits per heavy atom. The molecule has 5 nitrogen and oxygen atoms in total. The lowest BCUT2D eigenvalue weighted by molar-refractivity contribution is -0.135. The van der Waals surface area contributed by atoms with E-state index in [1.54, 1.807) is 12.3 Å². The van der Waals surface area contributed by atoms with Crippen molar-refractivity contribution in [3.63, 3.8) is 0 Å². The fraction of sp³-hybridized carbons (Fsp3) is 0.500. The van der Waals surface area contributed by atoms with Crippen molar-refractivity contribution in [2.45, 2.75) is 64.5 Å². The van der Waals surface area contributed by atoms with Crippen molar-refractivity contribution in [3.05, 3.63) is 52.0 Å². The van der Waals surface area contributed by atoms with Gasteiger partial charge in [0.1, 0.15) is 5.01 Å². The summed E-state index contributed by atoms with van der Waals surface area (Å²) in [5.74, 6) is -0.228. The molecule has 0 atom stereocenters. The van der Waals surface area contributed by atoms with E-state index >= 15 is 0 Å². The lowest BCUT2D eigenvalue weighted by Crippen LogP contribution is -2.41. The van der Waals surface area contributed by atoms with Crippen LogP contribution in [-0.4, -0.2) is 34.4 Å². The van der Waals surface area contributed by atoms with E-state index in [4.69, 9.17) is 4.74 Å². The number of nitrogens with zero attached hydrogens (tertiary/aromatic N) is 2. The first-order valence-corrected chi connectivity index (χ1v) is 11.0. The van der Waals surface area contributed by atoms with Crippen LogP contribution in [0.4, 0.5) is 0 Å². The second-order valence-electron chi connectivity index (χ2n) is 7.15. The van der Waals surface area contributed by atoms with Crippen LogP contribution >= 0.6 is 11.3 Å². The van der Waals surface area contributed by atoms with Crippen LogP contribution in [-0.2, 0) is 22.5 Å². The van der Waals surface area contributed by atoms with Gasteiger partial charge in [-0.05, 0) is 31.7 Å². The maximum atomic E-state index is 13.1. The molecule has 0 N–H and O–H groups in total. The highest BCUT2D eigenvalue weighted by Gasteiger charge is 2.26. The smallest absolute Gasteiger partial charge is 0.357 e. The minimum atomic E-state index is -0.398. The van der Waals surface area contributed by atoms with Crippen LogP contribution in [0.25, 0.3) is 0 Å². The summed E-state index contributed by atoms with van der Waals surface area (Å²) in [4.78, 5) is 31.4. The molecule has 1 saturated carbocycles. The summed E-state index contributed by atoms with van der Waals surface area (Å²) in [6.07, 6.45) is 6.91. The van der Waals surface area contributed by atoms with Crippen LogP contribution < -0.4 is 0 Å². The lowest BCUT2D eigenvalue weighted by atomic mass is 9.93. The van der Waals surface area contributed by atoms with Crippen molar-refractivity contribution in [2.75, 3.05) is 6.61 Å². The second-order valence-corrected chi connectivity index (χ2v) is 8.09. The molecule has 0 bridgehead atoms. The summed E-state index contributed by atoms with van der Waals surface area (Å²) in [6, 6.07) is 10.4. The fourth-order valence-corrected chi connectivity index (χ4v) is 4.44. The van der Waals surface area contributed by atoms with Crippen molar-refractivity contribution < 1.29 is 14.3 Å². The van der Waals surface area contributed by atoms with Gasteiger partial charge in [-0.2, -0.15) is 0 Å². The van der Waals surface area contributed by atoms with E-state index in [1.807, 2.05) is 23.1 Å². The van der Waals surface area contributed by atoms with Crippen molar-refractivity contribution in [1.82, 2.24) is 9.88 Å². The normalized spacial score (nSPS) is 14.6. The minimum absolute atomic E-state index is 0.170. The molecule has 0 aliphatic heterocycles. The summed E-state index contributed by atoms with van der Waals surface area (Å²) < 4.78 is 5.02. The molecule has 6 heteroatoms. The summed E-state index contributed by atoms with van der Waals surface area (Å²) in [5, 5.41) is 2.52. The molecule has 1 amide bonds. The molecule has 3 rings (SSSR count). The Balaban J connectivity index is 1.68. The van der Waals surface area contributed by atoms with E-state index in [9.17, 15) is 9.59 Å². The quantitative estimate of drug-likeness (QED) is 0.607. The number of carbonyl (C=O) groups is 2. The molecule has 1 aromatic carbocycles. The number of aryl methyl sites for hydroxylation is 1. The Kier molecular flexibility index (Phi) is 7.60. The molecule has 1 aromatic heterocycles. The Morgan fingerprint density at radius 2 is 1.93 bits per heavy atom. The molecule has 150 valence electrons. The number of hydrogen-bond acceptors (Lipinski definition) is 5.